The number of amides is 2. The summed E-state index contributed by atoms with van der Waals surface area (Å²) in [5.74, 6) is -0.173. The van der Waals surface area contributed by atoms with E-state index in [1.165, 1.54) is 10.4 Å². The van der Waals surface area contributed by atoms with Crippen LogP contribution in [-0.2, 0) is 19.6 Å². The zero-order valence-corrected chi connectivity index (χ0v) is 18.4. The van der Waals surface area contributed by atoms with E-state index >= 15 is 0 Å². The summed E-state index contributed by atoms with van der Waals surface area (Å²) in [6.45, 7) is 8.68. The number of benzene rings is 1. The van der Waals surface area contributed by atoms with Gasteiger partial charge in [-0.05, 0) is 38.0 Å². The molecule has 2 amide bonds. The average Bonchev–Trinajstić information content (AvgIpc) is 3.17. The van der Waals surface area contributed by atoms with Crippen LogP contribution in [-0.4, -0.2) is 50.8 Å². The van der Waals surface area contributed by atoms with Crippen LogP contribution >= 0.6 is 0 Å². The van der Waals surface area contributed by atoms with Gasteiger partial charge in [0.2, 0.25) is 21.8 Å². The van der Waals surface area contributed by atoms with Gasteiger partial charge in [0.25, 0.3) is 0 Å². The molecule has 0 atom stereocenters. The third-order valence-electron chi connectivity index (χ3n) is 4.53. The van der Waals surface area contributed by atoms with E-state index in [1.54, 1.807) is 39.8 Å². The van der Waals surface area contributed by atoms with Crippen molar-refractivity contribution in [3.05, 3.63) is 18.2 Å². The third kappa shape index (κ3) is 6.17. The topological polar surface area (TPSA) is 105 Å². The van der Waals surface area contributed by atoms with Crippen molar-refractivity contribution in [2.75, 3.05) is 31.6 Å². The summed E-state index contributed by atoms with van der Waals surface area (Å²) in [4.78, 5) is 24.1. The normalized spacial score (nSPS) is 15.2. The van der Waals surface area contributed by atoms with Gasteiger partial charge in [-0.15, -0.1) is 0 Å². The molecule has 8 nitrogen and oxygen atoms in total. The van der Waals surface area contributed by atoms with Crippen molar-refractivity contribution in [1.29, 1.82) is 0 Å². The molecule has 2 N–H and O–H groups in total. The molecule has 0 saturated carbocycles. The highest BCUT2D eigenvalue weighted by Crippen LogP contribution is 2.31. The minimum Gasteiger partial charge on any atom is -0.492 e. The van der Waals surface area contributed by atoms with Crippen molar-refractivity contribution in [2.45, 2.75) is 51.9 Å². The summed E-state index contributed by atoms with van der Waals surface area (Å²) < 4.78 is 32.9. The molecule has 29 heavy (non-hydrogen) atoms. The predicted octanol–water partition coefficient (Wildman–Crippen LogP) is 2.36. The zero-order valence-electron chi connectivity index (χ0n) is 17.6. The number of anilines is 1. The molecule has 162 valence electrons. The molecule has 0 radical (unpaired) electrons. The van der Waals surface area contributed by atoms with Gasteiger partial charge in [-0.2, -0.15) is 4.31 Å². The summed E-state index contributed by atoms with van der Waals surface area (Å²) in [5, 5.41) is 5.41. The van der Waals surface area contributed by atoms with Crippen LogP contribution in [0.25, 0.3) is 0 Å². The van der Waals surface area contributed by atoms with Gasteiger partial charge in [0.05, 0.1) is 6.61 Å². The van der Waals surface area contributed by atoms with Crippen molar-refractivity contribution in [1.82, 2.24) is 9.62 Å². The fourth-order valence-electron chi connectivity index (χ4n) is 2.91. The maximum absolute atomic E-state index is 13.0. The van der Waals surface area contributed by atoms with Gasteiger partial charge in [0.15, 0.2) is 0 Å². The molecule has 1 aromatic rings. The van der Waals surface area contributed by atoms with Gasteiger partial charge >= 0.3 is 0 Å². The van der Waals surface area contributed by atoms with Crippen molar-refractivity contribution < 1.29 is 22.7 Å². The van der Waals surface area contributed by atoms with E-state index in [4.69, 9.17) is 4.74 Å². The number of carbonyl (C=O) groups excluding carboxylic acids is 2. The van der Waals surface area contributed by atoms with E-state index in [-0.39, 0.29) is 35.4 Å². The summed E-state index contributed by atoms with van der Waals surface area (Å²) in [6.07, 6.45) is 1.75. The number of hydrogen-bond acceptors (Lipinski definition) is 5. The van der Waals surface area contributed by atoms with Crippen LogP contribution in [0.1, 0.15) is 47.0 Å². The standard InChI is InChI=1S/C20H31N3O5S/c1-5-28-16-9-8-15(14-17(16)29(26,27)23-12-6-7-13-23)22-18(24)10-11-21-19(25)20(2,3)4/h8-9,14H,5-7,10-13H2,1-4H3,(H,21,25)(H,22,24). The lowest BCUT2D eigenvalue weighted by Gasteiger charge is -2.19. The lowest BCUT2D eigenvalue weighted by Crippen LogP contribution is -2.36. The first kappa shape index (κ1) is 23.2. The number of nitrogens with zero attached hydrogens (tertiary/aromatic N) is 1. The maximum atomic E-state index is 13.0. The number of nitrogens with one attached hydrogen (secondary N) is 2. The number of carbonyl (C=O) groups is 2. The molecule has 2 rings (SSSR count). The Morgan fingerprint density at radius 2 is 1.83 bits per heavy atom. The van der Waals surface area contributed by atoms with Gasteiger partial charge in [-0.25, -0.2) is 8.42 Å². The Hall–Kier alpha value is -2.13. The van der Waals surface area contributed by atoms with Crippen molar-refractivity contribution >= 4 is 27.5 Å². The number of hydrogen-bond donors (Lipinski definition) is 2. The highest BCUT2D eigenvalue weighted by Gasteiger charge is 2.30. The summed E-state index contributed by atoms with van der Waals surface area (Å²) in [6, 6.07) is 4.60. The number of rotatable bonds is 8. The van der Waals surface area contributed by atoms with E-state index in [0.29, 0.717) is 25.4 Å². The molecule has 1 aromatic carbocycles. The second kappa shape index (κ2) is 9.58. The lowest BCUT2D eigenvalue weighted by atomic mass is 9.96. The molecule has 0 aromatic heterocycles. The Bertz CT molecular complexity index is 840. The van der Waals surface area contributed by atoms with Gasteiger partial charge in [0.1, 0.15) is 10.6 Å². The second-order valence-corrected chi connectivity index (χ2v) is 9.92. The Labute approximate surface area is 173 Å². The van der Waals surface area contributed by atoms with Gasteiger partial charge in [-0.1, -0.05) is 20.8 Å². The fourth-order valence-corrected chi connectivity index (χ4v) is 4.58. The zero-order chi connectivity index (χ0) is 21.7. The van der Waals surface area contributed by atoms with Crippen LogP contribution in [0.2, 0.25) is 0 Å². The van der Waals surface area contributed by atoms with Crippen LogP contribution in [0.4, 0.5) is 5.69 Å². The van der Waals surface area contributed by atoms with E-state index < -0.39 is 15.4 Å². The van der Waals surface area contributed by atoms with E-state index in [0.717, 1.165) is 12.8 Å². The molecule has 0 spiro atoms. The Morgan fingerprint density at radius 1 is 1.17 bits per heavy atom. The molecule has 1 fully saturated rings. The predicted molar refractivity (Wildman–Crippen MR) is 111 cm³/mol. The maximum Gasteiger partial charge on any atom is 0.246 e. The first-order valence-corrected chi connectivity index (χ1v) is 11.3. The quantitative estimate of drug-likeness (QED) is 0.665. The summed E-state index contributed by atoms with van der Waals surface area (Å²) in [5.41, 5.74) is -0.150. The van der Waals surface area contributed by atoms with Gasteiger partial charge < -0.3 is 15.4 Å². The molecular formula is C20H31N3O5S. The number of sulfonamides is 1. The molecule has 1 aliphatic rings. The minimum atomic E-state index is -3.69. The molecule has 1 heterocycles. The van der Waals surface area contributed by atoms with Crippen LogP contribution in [0.5, 0.6) is 5.75 Å². The Balaban J connectivity index is 2.09. The van der Waals surface area contributed by atoms with Gasteiger partial charge in [0, 0.05) is 37.2 Å². The van der Waals surface area contributed by atoms with E-state index in [1.807, 2.05) is 0 Å². The molecular weight excluding hydrogens is 394 g/mol. The first-order chi connectivity index (χ1) is 13.6. The minimum absolute atomic E-state index is 0.0556. The fraction of sp³-hybridized carbons (Fsp3) is 0.600. The van der Waals surface area contributed by atoms with Crippen LogP contribution in [0.3, 0.4) is 0 Å². The summed E-state index contributed by atoms with van der Waals surface area (Å²) in [7, 11) is -3.69. The molecule has 1 saturated heterocycles. The van der Waals surface area contributed by atoms with Crippen molar-refractivity contribution in [3.8, 4) is 5.75 Å². The van der Waals surface area contributed by atoms with E-state index in [2.05, 4.69) is 10.6 Å². The monoisotopic (exact) mass is 425 g/mol. The van der Waals surface area contributed by atoms with Crippen LogP contribution < -0.4 is 15.4 Å². The largest absolute Gasteiger partial charge is 0.492 e. The van der Waals surface area contributed by atoms with Gasteiger partial charge in [-0.3, -0.25) is 9.59 Å². The average molecular weight is 426 g/mol. The smallest absolute Gasteiger partial charge is 0.246 e. The molecule has 1 aliphatic heterocycles. The van der Waals surface area contributed by atoms with Crippen LogP contribution in [0.15, 0.2) is 23.1 Å². The third-order valence-corrected chi connectivity index (χ3v) is 6.45. The molecule has 0 unspecified atom stereocenters. The first-order valence-electron chi connectivity index (χ1n) is 9.91. The SMILES string of the molecule is CCOc1ccc(NC(=O)CCNC(=O)C(C)(C)C)cc1S(=O)(=O)N1CCCC1. The second-order valence-electron chi connectivity index (χ2n) is 8.01. The van der Waals surface area contributed by atoms with Crippen LogP contribution in [0, 0.1) is 5.41 Å². The molecule has 0 bridgehead atoms. The Morgan fingerprint density at radius 3 is 2.41 bits per heavy atom. The van der Waals surface area contributed by atoms with Crippen molar-refractivity contribution in [2.24, 2.45) is 5.41 Å². The highest BCUT2D eigenvalue weighted by atomic mass is 32.2. The van der Waals surface area contributed by atoms with Crippen molar-refractivity contribution in [3.63, 3.8) is 0 Å². The number of ether oxygens (including phenoxy) is 1. The summed E-state index contributed by atoms with van der Waals surface area (Å²) >= 11 is 0. The Kier molecular flexibility index (Phi) is 7.65. The van der Waals surface area contributed by atoms with E-state index in [9.17, 15) is 18.0 Å². The molecule has 9 heteroatoms. The molecule has 0 aliphatic carbocycles. The lowest BCUT2D eigenvalue weighted by molar-refractivity contribution is -0.128. The highest BCUT2D eigenvalue weighted by molar-refractivity contribution is 7.89.